The highest BCUT2D eigenvalue weighted by Gasteiger charge is 2.46. The summed E-state index contributed by atoms with van der Waals surface area (Å²) >= 11 is 0. The van der Waals surface area contributed by atoms with Crippen molar-refractivity contribution in [2.75, 3.05) is 13.7 Å². The van der Waals surface area contributed by atoms with Gasteiger partial charge in [0.1, 0.15) is 0 Å². The first-order valence-electron chi connectivity index (χ1n) is 6.70. The van der Waals surface area contributed by atoms with Gasteiger partial charge in [-0.3, -0.25) is 9.59 Å². The maximum absolute atomic E-state index is 11.9. The molecule has 0 bridgehead atoms. The van der Waals surface area contributed by atoms with Crippen LogP contribution in [0.2, 0.25) is 0 Å². The largest absolute Gasteiger partial charge is 0.481 e. The molecule has 0 radical (unpaired) electrons. The summed E-state index contributed by atoms with van der Waals surface area (Å²) in [7, 11) is 1.60. The molecule has 1 saturated carbocycles. The third kappa shape index (κ3) is 3.91. The predicted molar refractivity (Wildman–Crippen MR) is 70.6 cm³/mol. The second-order valence-corrected chi connectivity index (χ2v) is 5.42. The summed E-state index contributed by atoms with van der Waals surface area (Å²) in [6.45, 7) is 2.25. The number of carboxylic acids is 1. The van der Waals surface area contributed by atoms with Crippen molar-refractivity contribution in [3.05, 3.63) is 0 Å². The van der Waals surface area contributed by atoms with Crippen LogP contribution < -0.4 is 11.1 Å². The van der Waals surface area contributed by atoms with Crippen molar-refractivity contribution in [3.8, 4) is 0 Å². The molecule has 1 rings (SSSR count). The van der Waals surface area contributed by atoms with E-state index in [9.17, 15) is 14.7 Å². The summed E-state index contributed by atoms with van der Waals surface area (Å²) in [5.74, 6) is -1.13. The number of carbonyl (C=O) groups is 2. The SMILES string of the molecule is COCCCC(N)C(=O)NC1CCCC1(C)C(=O)O. The van der Waals surface area contributed by atoms with Crippen molar-refractivity contribution in [1.82, 2.24) is 5.32 Å². The second-order valence-electron chi connectivity index (χ2n) is 5.42. The van der Waals surface area contributed by atoms with Gasteiger partial charge in [-0.05, 0) is 32.6 Å². The summed E-state index contributed by atoms with van der Waals surface area (Å²) in [6.07, 6.45) is 3.35. The van der Waals surface area contributed by atoms with Crippen LogP contribution in [0.15, 0.2) is 0 Å². The molecule has 6 heteroatoms. The number of hydrogen-bond acceptors (Lipinski definition) is 4. The number of amides is 1. The molecule has 1 fully saturated rings. The Bertz CT molecular complexity index is 335. The number of carbonyl (C=O) groups excluding carboxylic acids is 1. The molecular weight excluding hydrogens is 248 g/mol. The first kappa shape index (κ1) is 15.9. The number of methoxy groups -OCH3 is 1. The van der Waals surface area contributed by atoms with Gasteiger partial charge in [0.2, 0.25) is 5.91 Å². The van der Waals surface area contributed by atoms with E-state index in [1.165, 1.54) is 0 Å². The number of ether oxygens (including phenoxy) is 1. The third-order valence-corrected chi connectivity index (χ3v) is 3.96. The van der Waals surface area contributed by atoms with E-state index in [4.69, 9.17) is 10.5 Å². The lowest BCUT2D eigenvalue weighted by molar-refractivity contribution is -0.149. The molecule has 110 valence electrons. The molecule has 0 aromatic rings. The van der Waals surface area contributed by atoms with E-state index in [0.717, 1.165) is 6.42 Å². The minimum atomic E-state index is -0.873. The fourth-order valence-electron chi connectivity index (χ4n) is 2.51. The molecule has 0 saturated heterocycles. The van der Waals surface area contributed by atoms with Crippen molar-refractivity contribution in [3.63, 3.8) is 0 Å². The second kappa shape index (κ2) is 6.86. The van der Waals surface area contributed by atoms with Crippen LogP contribution in [-0.2, 0) is 14.3 Å². The van der Waals surface area contributed by atoms with Crippen LogP contribution >= 0.6 is 0 Å². The van der Waals surface area contributed by atoms with Gasteiger partial charge in [0.05, 0.1) is 11.5 Å². The number of carboxylic acid groups (broad SMARTS) is 1. The van der Waals surface area contributed by atoms with E-state index in [1.807, 2.05) is 0 Å². The van der Waals surface area contributed by atoms with Crippen LogP contribution in [0.4, 0.5) is 0 Å². The van der Waals surface area contributed by atoms with Gasteiger partial charge in [-0.15, -0.1) is 0 Å². The average molecular weight is 272 g/mol. The predicted octanol–water partition coefficient (Wildman–Crippen LogP) is 0.500. The average Bonchev–Trinajstić information content (AvgIpc) is 2.72. The van der Waals surface area contributed by atoms with E-state index in [2.05, 4.69) is 5.32 Å². The van der Waals surface area contributed by atoms with Crippen molar-refractivity contribution >= 4 is 11.9 Å². The van der Waals surface area contributed by atoms with Crippen molar-refractivity contribution in [2.24, 2.45) is 11.1 Å². The van der Waals surface area contributed by atoms with Crippen LogP contribution in [0.3, 0.4) is 0 Å². The molecule has 0 aliphatic heterocycles. The lowest BCUT2D eigenvalue weighted by Gasteiger charge is -2.28. The maximum Gasteiger partial charge on any atom is 0.311 e. The lowest BCUT2D eigenvalue weighted by atomic mass is 9.84. The van der Waals surface area contributed by atoms with Crippen molar-refractivity contribution < 1.29 is 19.4 Å². The topological polar surface area (TPSA) is 102 Å². The summed E-state index contributed by atoms with van der Waals surface area (Å²) in [4.78, 5) is 23.2. The molecule has 1 aliphatic rings. The number of rotatable bonds is 7. The standard InChI is InChI=1S/C13H24N2O4/c1-13(12(17)18)7-3-6-10(13)15-11(16)9(14)5-4-8-19-2/h9-10H,3-8,14H2,1-2H3,(H,15,16)(H,17,18). The highest BCUT2D eigenvalue weighted by Crippen LogP contribution is 2.38. The van der Waals surface area contributed by atoms with E-state index >= 15 is 0 Å². The lowest BCUT2D eigenvalue weighted by Crippen LogP contribution is -2.51. The molecule has 0 heterocycles. The number of aliphatic carboxylic acids is 1. The van der Waals surface area contributed by atoms with E-state index < -0.39 is 17.4 Å². The van der Waals surface area contributed by atoms with Gasteiger partial charge in [0.25, 0.3) is 0 Å². The van der Waals surface area contributed by atoms with Gasteiger partial charge in [0, 0.05) is 19.8 Å². The maximum atomic E-state index is 11.9. The molecule has 1 aliphatic carbocycles. The Morgan fingerprint density at radius 3 is 2.84 bits per heavy atom. The monoisotopic (exact) mass is 272 g/mol. The first-order valence-corrected chi connectivity index (χ1v) is 6.70. The zero-order valence-electron chi connectivity index (χ0n) is 11.6. The van der Waals surface area contributed by atoms with Gasteiger partial charge in [0.15, 0.2) is 0 Å². The minimum Gasteiger partial charge on any atom is -0.481 e. The zero-order valence-corrected chi connectivity index (χ0v) is 11.6. The summed E-state index contributed by atoms with van der Waals surface area (Å²) in [5, 5.41) is 12.1. The molecule has 3 unspecified atom stereocenters. The van der Waals surface area contributed by atoms with Crippen LogP contribution in [0.5, 0.6) is 0 Å². The molecule has 3 atom stereocenters. The number of nitrogens with one attached hydrogen (secondary N) is 1. The molecule has 1 amide bonds. The Kier molecular flexibility index (Phi) is 5.75. The van der Waals surface area contributed by atoms with Crippen molar-refractivity contribution in [2.45, 2.75) is 51.1 Å². The van der Waals surface area contributed by atoms with Crippen molar-refractivity contribution in [1.29, 1.82) is 0 Å². The highest BCUT2D eigenvalue weighted by atomic mass is 16.5. The third-order valence-electron chi connectivity index (χ3n) is 3.96. The van der Waals surface area contributed by atoms with Gasteiger partial charge in [-0.2, -0.15) is 0 Å². The molecule has 4 N–H and O–H groups in total. The normalized spacial score (nSPS) is 28.1. The fraction of sp³-hybridized carbons (Fsp3) is 0.846. The van der Waals surface area contributed by atoms with Gasteiger partial charge >= 0.3 is 5.97 Å². The molecule has 0 aromatic carbocycles. The summed E-state index contributed by atoms with van der Waals surface area (Å²) < 4.78 is 4.90. The van der Waals surface area contributed by atoms with Crippen LogP contribution in [0.1, 0.15) is 39.0 Å². The number of hydrogen-bond donors (Lipinski definition) is 3. The molecule has 0 aromatic heterocycles. The molecule has 19 heavy (non-hydrogen) atoms. The van der Waals surface area contributed by atoms with Gasteiger partial charge in [-0.25, -0.2) is 0 Å². The summed E-state index contributed by atoms with van der Waals surface area (Å²) in [6, 6.07) is -0.931. The van der Waals surface area contributed by atoms with Gasteiger partial charge in [-0.1, -0.05) is 6.42 Å². The first-order chi connectivity index (χ1) is 8.91. The highest BCUT2D eigenvalue weighted by molar-refractivity contribution is 5.83. The Labute approximate surface area is 113 Å². The Balaban J connectivity index is 2.49. The molecular formula is C13H24N2O4. The van der Waals surface area contributed by atoms with E-state index in [0.29, 0.717) is 32.3 Å². The van der Waals surface area contributed by atoms with Crippen LogP contribution in [0.25, 0.3) is 0 Å². The van der Waals surface area contributed by atoms with E-state index in [-0.39, 0.29) is 11.9 Å². The van der Waals surface area contributed by atoms with Crippen LogP contribution in [0, 0.1) is 5.41 Å². The quantitative estimate of drug-likeness (QED) is 0.586. The summed E-state index contributed by atoms with van der Waals surface area (Å²) in [5.41, 5.74) is 4.91. The van der Waals surface area contributed by atoms with Crippen LogP contribution in [-0.4, -0.2) is 42.8 Å². The smallest absolute Gasteiger partial charge is 0.311 e. The molecule has 0 spiro atoms. The Hall–Kier alpha value is -1.14. The number of nitrogens with two attached hydrogens (primary N) is 1. The Morgan fingerprint density at radius 2 is 2.26 bits per heavy atom. The molecule has 6 nitrogen and oxygen atoms in total. The van der Waals surface area contributed by atoms with Gasteiger partial charge < -0.3 is 20.9 Å². The zero-order chi connectivity index (χ0) is 14.5. The fourth-order valence-corrected chi connectivity index (χ4v) is 2.51. The Morgan fingerprint density at radius 1 is 1.58 bits per heavy atom. The minimum absolute atomic E-state index is 0.268. The van der Waals surface area contributed by atoms with E-state index in [1.54, 1.807) is 14.0 Å².